The summed E-state index contributed by atoms with van der Waals surface area (Å²) in [6, 6.07) is 4.50. The van der Waals surface area contributed by atoms with Crippen LogP contribution in [-0.2, 0) is 13.6 Å². The molecule has 178 valence electrons. The van der Waals surface area contributed by atoms with Crippen molar-refractivity contribution in [1.29, 1.82) is 0 Å². The Morgan fingerprint density at radius 2 is 1.03 bits per heavy atom. The molecule has 0 unspecified atom stereocenters. The van der Waals surface area contributed by atoms with Crippen LogP contribution in [0.4, 0.5) is 52.7 Å². The van der Waals surface area contributed by atoms with Crippen molar-refractivity contribution in [1.82, 2.24) is 0 Å². The first kappa shape index (κ1) is 24.3. The van der Waals surface area contributed by atoms with Gasteiger partial charge in [0.1, 0.15) is 0 Å². The Balaban J connectivity index is 2.56. The van der Waals surface area contributed by atoms with Crippen LogP contribution in [0.2, 0.25) is 0 Å². The molecule has 3 rings (SSSR count). The second-order valence-electron chi connectivity index (χ2n) is 6.82. The maximum absolute atomic E-state index is 13.8. The monoisotopic (exact) mass is 498 g/mol. The van der Waals surface area contributed by atoms with Crippen molar-refractivity contribution in [3.8, 4) is 0 Å². The first-order valence-electron chi connectivity index (χ1n) is 8.21. The topological polar surface area (TPSA) is 27.7 Å². The Morgan fingerprint density at radius 1 is 0.645 bits per heavy atom. The predicted octanol–water partition coefficient (Wildman–Crippen LogP) is 5.80. The molecule has 2 fully saturated rings. The van der Waals surface area contributed by atoms with Gasteiger partial charge in [0.25, 0.3) is 0 Å². The van der Waals surface area contributed by atoms with Crippen LogP contribution in [0.5, 0.6) is 0 Å². The van der Waals surface area contributed by atoms with Crippen molar-refractivity contribution in [2.24, 2.45) is 0 Å². The first-order valence-corrected chi connectivity index (χ1v) is 10.4. The van der Waals surface area contributed by atoms with Crippen LogP contribution < -0.4 is 5.30 Å². The summed E-state index contributed by atoms with van der Waals surface area (Å²) in [5.41, 5.74) is -13.7. The third-order valence-corrected chi connectivity index (χ3v) is 9.41. The number of alkyl halides is 12. The van der Waals surface area contributed by atoms with Crippen molar-refractivity contribution >= 4 is 12.6 Å². The molecule has 0 N–H and O–H groups in total. The van der Waals surface area contributed by atoms with Crippen molar-refractivity contribution in [3.63, 3.8) is 0 Å². The van der Waals surface area contributed by atoms with Gasteiger partial charge in [-0.05, 0) is 0 Å². The van der Waals surface area contributed by atoms with Crippen LogP contribution in [0.15, 0.2) is 30.3 Å². The van der Waals surface area contributed by atoms with Gasteiger partial charge in [0.2, 0.25) is 0 Å². The van der Waals surface area contributed by atoms with Crippen molar-refractivity contribution in [2.75, 3.05) is 12.8 Å². The first-order chi connectivity index (χ1) is 13.8. The average Bonchev–Trinajstić information content (AvgIpc) is 3.15. The van der Waals surface area contributed by atoms with E-state index in [9.17, 15) is 52.7 Å². The van der Waals surface area contributed by atoms with Crippen LogP contribution in [0.3, 0.4) is 0 Å². The molecule has 3 nitrogen and oxygen atoms in total. The molecule has 2 aliphatic rings. The molecule has 0 saturated carbocycles. The van der Waals surface area contributed by atoms with E-state index < -0.39 is 67.7 Å². The fourth-order valence-electron chi connectivity index (χ4n) is 3.85. The number of rotatable bonds is 1. The van der Waals surface area contributed by atoms with Crippen LogP contribution in [0.25, 0.3) is 0 Å². The zero-order chi connectivity index (χ0) is 23.8. The van der Waals surface area contributed by atoms with E-state index in [2.05, 4.69) is 9.05 Å². The fourth-order valence-corrected chi connectivity index (χ4v) is 8.62. The van der Waals surface area contributed by atoms with Gasteiger partial charge in [-0.2, -0.15) is 0 Å². The molecule has 0 radical (unpaired) electrons. The zero-order valence-electron chi connectivity index (χ0n) is 14.7. The molecule has 1 aromatic rings. The summed E-state index contributed by atoms with van der Waals surface area (Å²) in [5, 5.41) is -0.903. The average molecular weight is 498 g/mol. The van der Waals surface area contributed by atoms with Crippen molar-refractivity contribution in [2.45, 2.75) is 42.3 Å². The molecular formula is C15H11F12O3P. The molecule has 16 heteroatoms. The second-order valence-corrected chi connectivity index (χ2v) is 10.5. The van der Waals surface area contributed by atoms with Crippen molar-refractivity contribution in [3.05, 3.63) is 30.3 Å². The summed E-state index contributed by atoms with van der Waals surface area (Å²) in [6.07, 6.45) is -30.8. The number of hydrogen-bond acceptors (Lipinski definition) is 3. The van der Waals surface area contributed by atoms with Gasteiger partial charge in [-0.1, -0.05) is 0 Å². The number of benzene rings is 1. The molecule has 0 amide bonds. The minimum atomic E-state index is -7.27. The molecule has 1 spiro atoms. The van der Waals surface area contributed by atoms with Crippen molar-refractivity contribution < 1.29 is 66.3 Å². The normalized spacial score (nSPS) is 26.5. The fraction of sp³-hybridized carbons (Fsp3) is 0.600. The Morgan fingerprint density at radius 3 is 1.32 bits per heavy atom. The third-order valence-electron chi connectivity index (χ3n) is 5.03. The van der Waals surface area contributed by atoms with Gasteiger partial charge in [-0.15, -0.1) is 0 Å². The van der Waals surface area contributed by atoms with E-state index in [4.69, 9.17) is 4.52 Å². The summed E-state index contributed by atoms with van der Waals surface area (Å²) in [5.74, 6) is 0. The van der Waals surface area contributed by atoms with E-state index in [1.54, 1.807) is 0 Å². The van der Waals surface area contributed by atoms with E-state index in [0.717, 1.165) is 12.1 Å². The molecule has 2 aliphatic heterocycles. The van der Waals surface area contributed by atoms with E-state index in [1.165, 1.54) is 6.07 Å². The molecular weight excluding hydrogens is 487 g/mol. The molecule has 2 heterocycles. The van der Waals surface area contributed by atoms with E-state index in [-0.39, 0.29) is 0 Å². The Kier molecular flexibility index (Phi) is 5.01. The van der Waals surface area contributed by atoms with Gasteiger partial charge in [0.15, 0.2) is 0 Å². The quantitative estimate of drug-likeness (QED) is 0.362. The molecule has 0 aliphatic carbocycles. The van der Waals surface area contributed by atoms with Crippen LogP contribution >= 0.6 is 7.28 Å². The molecule has 0 atom stereocenters. The van der Waals surface area contributed by atoms with Gasteiger partial charge in [-0.25, -0.2) is 0 Å². The summed E-state index contributed by atoms with van der Waals surface area (Å²) in [6.45, 7) is -0.787. The van der Waals surface area contributed by atoms with Crippen LogP contribution in [0, 0.1) is 0 Å². The van der Waals surface area contributed by atoms with E-state index >= 15 is 0 Å². The van der Waals surface area contributed by atoms with Gasteiger partial charge in [0, 0.05) is 0 Å². The third kappa shape index (κ3) is 2.85. The Bertz CT molecular complexity index is 764. The van der Waals surface area contributed by atoms with Gasteiger partial charge < -0.3 is 0 Å². The van der Waals surface area contributed by atoms with Gasteiger partial charge in [-0.3, -0.25) is 0 Å². The standard InChI is InChI=1S/C15H11F12O3P/c16-12(17,18)10(13(19,20)21)11(14(22,23)24,15(25,26)27)30-31(29-10,8-4-7-28-31)9-5-2-1-3-6-9/h1-3,5-6H,4,7-8H2. The zero-order valence-corrected chi connectivity index (χ0v) is 15.6. The minimum absolute atomic E-state index is 0.510. The SMILES string of the molecule is FC(F)(F)C1(C(F)(F)F)OP2(c3ccccc3)(CCCO2)OC1(C(F)(F)F)C(F)(F)F. The molecule has 0 aromatic heterocycles. The maximum atomic E-state index is 13.8. The Labute approximate surface area is 165 Å². The summed E-state index contributed by atoms with van der Waals surface area (Å²) < 4.78 is 179. The van der Waals surface area contributed by atoms with Crippen LogP contribution in [0.1, 0.15) is 6.42 Å². The van der Waals surface area contributed by atoms with Gasteiger partial charge in [0.05, 0.1) is 0 Å². The summed E-state index contributed by atoms with van der Waals surface area (Å²) in [4.78, 5) is 0. The predicted molar refractivity (Wildman–Crippen MR) is 80.3 cm³/mol. The van der Waals surface area contributed by atoms with E-state index in [0.29, 0.717) is 12.1 Å². The summed E-state index contributed by atoms with van der Waals surface area (Å²) >= 11 is 0. The van der Waals surface area contributed by atoms with E-state index in [1.807, 2.05) is 0 Å². The number of hydrogen-bond donors (Lipinski definition) is 0. The molecule has 2 saturated heterocycles. The summed E-state index contributed by atoms with van der Waals surface area (Å²) in [7, 11) is -6.50. The molecule has 31 heavy (non-hydrogen) atoms. The van der Waals surface area contributed by atoms with Gasteiger partial charge >= 0.3 is 164 Å². The Hall–Kier alpha value is -1.31. The molecule has 1 aromatic carbocycles. The second kappa shape index (κ2) is 6.39. The van der Waals surface area contributed by atoms with Crippen LogP contribution in [-0.4, -0.2) is 48.7 Å². The molecule has 0 bridgehead atoms. The number of halogens is 12.